The monoisotopic (exact) mass is 394 g/mol. The van der Waals surface area contributed by atoms with Gasteiger partial charge in [-0.05, 0) is 36.8 Å². The Kier molecular flexibility index (Phi) is 6.51. The van der Waals surface area contributed by atoms with Crippen LogP contribution in [-0.4, -0.2) is 33.2 Å². The summed E-state index contributed by atoms with van der Waals surface area (Å²) in [7, 11) is -3.58. The number of ether oxygens (including phenoxy) is 1. The molecular formula is C18H19FN2O5S. The lowest BCUT2D eigenvalue weighted by Crippen LogP contribution is -2.31. The van der Waals surface area contributed by atoms with Gasteiger partial charge >= 0.3 is 5.97 Å². The highest BCUT2D eigenvalue weighted by molar-refractivity contribution is 7.92. The van der Waals surface area contributed by atoms with Crippen LogP contribution in [0.1, 0.15) is 28.9 Å². The molecule has 0 unspecified atom stereocenters. The van der Waals surface area contributed by atoms with E-state index in [9.17, 15) is 22.4 Å². The Morgan fingerprint density at radius 1 is 1.11 bits per heavy atom. The van der Waals surface area contributed by atoms with Gasteiger partial charge in [0.25, 0.3) is 5.91 Å². The first-order chi connectivity index (χ1) is 12.7. The summed E-state index contributed by atoms with van der Waals surface area (Å²) in [5.41, 5.74) is 0.742. The van der Waals surface area contributed by atoms with Crippen LogP contribution >= 0.6 is 0 Å². The Hall–Kier alpha value is -2.94. The number of benzene rings is 2. The smallest absolute Gasteiger partial charge is 0.340 e. The highest BCUT2D eigenvalue weighted by atomic mass is 32.2. The number of esters is 1. The lowest BCUT2D eigenvalue weighted by molar-refractivity contribution is -0.124. The molecule has 0 aliphatic carbocycles. The number of sulfonamides is 1. The number of para-hydroxylation sites is 1. The van der Waals surface area contributed by atoms with E-state index in [1.165, 1.54) is 24.3 Å². The van der Waals surface area contributed by atoms with Gasteiger partial charge in [-0.15, -0.1) is 0 Å². The Balaban J connectivity index is 1.95. The average molecular weight is 394 g/mol. The predicted octanol–water partition coefficient (Wildman–Crippen LogP) is 2.23. The summed E-state index contributed by atoms with van der Waals surface area (Å²) in [6.45, 7) is 1.16. The number of halogens is 1. The molecule has 2 aromatic rings. The van der Waals surface area contributed by atoms with Crippen molar-refractivity contribution in [3.63, 3.8) is 0 Å². The third-order valence-corrected chi connectivity index (χ3v) is 4.11. The number of carbonyl (C=O) groups is 2. The van der Waals surface area contributed by atoms with Crippen LogP contribution in [0.5, 0.6) is 0 Å². The highest BCUT2D eigenvalue weighted by Crippen LogP contribution is 2.17. The third kappa shape index (κ3) is 6.37. The number of carbonyl (C=O) groups excluding carboxylic acids is 2. The quantitative estimate of drug-likeness (QED) is 0.702. The molecule has 0 aliphatic rings. The summed E-state index contributed by atoms with van der Waals surface area (Å²) < 4.78 is 42.8. The van der Waals surface area contributed by atoms with Crippen LogP contribution in [0.3, 0.4) is 0 Å². The first-order valence-electron chi connectivity index (χ1n) is 7.94. The molecule has 0 radical (unpaired) electrons. The van der Waals surface area contributed by atoms with Crippen LogP contribution in [0.15, 0.2) is 48.5 Å². The molecule has 7 nitrogen and oxygen atoms in total. The van der Waals surface area contributed by atoms with Gasteiger partial charge in [0.1, 0.15) is 5.82 Å². The number of hydrogen-bond acceptors (Lipinski definition) is 5. The minimum absolute atomic E-state index is 0.0118. The standard InChI is InChI=1S/C18H19FN2O5S/c1-12(13-7-9-14(19)10-8-13)20-17(22)11-26-18(23)15-5-3-4-6-16(15)21-27(2,24)25/h3-10,12,21H,11H2,1-2H3,(H,20,22)/t12-/m1/s1. The van der Waals surface area contributed by atoms with Gasteiger partial charge in [-0.2, -0.15) is 0 Å². The summed E-state index contributed by atoms with van der Waals surface area (Å²) in [4.78, 5) is 24.1. The molecule has 1 amide bonds. The molecule has 9 heteroatoms. The summed E-state index contributed by atoms with van der Waals surface area (Å²) in [5.74, 6) is -1.77. The number of rotatable bonds is 7. The van der Waals surface area contributed by atoms with Crippen molar-refractivity contribution in [3.8, 4) is 0 Å². The van der Waals surface area contributed by atoms with Crippen LogP contribution in [0.2, 0.25) is 0 Å². The number of amides is 1. The van der Waals surface area contributed by atoms with Gasteiger partial charge in [0, 0.05) is 0 Å². The molecule has 0 saturated heterocycles. The molecule has 0 fully saturated rings. The summed E-state index contributed by atoms with van der Waals surface area (Å²) in [6, 6.07) is 11.1. The largest absolute Gasteiger partial charge is 0.452 e. The van der Waals surface area contributed by atoms with E-state index in [1.54, 1.807) is 31.2 Å². The Morgan fingerprint density at radius 3 is 2.37 bits per heavy atom. The first kappa shape index (κ1) is 20.4. The fourth-order valence-electron chi connectivity index (χ4n) is 2.28. The van der Waals surface area contributed by atoms with Gasteiger partial charge in [-0.1, -0.05) is 24.3 Å². The van der Waals surface area contributed by atoms with E-state index in [0.29, 0.717) is 5.56 Å². The van der Waals surface area contributed by atoms with Crippen LogP contribution in [0.4, 0.5) is 10.1 Å². The molecule has 0 saturated carbocycles. The van der Waals surface area contributed by atoms with E-state index < -0.39 is 34.5 Å². The van der Waals surface area contributed by atoms with Crippen LogP contribution in [0, 0.1) is 5.82 Å². The normalized spacial score (nSPS) is 12.1. The predicted molar refractivity (Wildman–Crippen MR) is 98.1 cm³/mol. The van der Waals surface area contributed by atoms with Gasteiger partial charge < -0.3 is 10.1 Å². The van der Waals surface area contributed by atoms with Gasteiger partial charge in [0.15, 0.2) is 6.61 Å². The summed E-state index contributed by atoms with van der Waals surface area (Å²) in [6.07, 6.45) is 0.958. The lowest BCUT2D eigenvalue weighted by atomic mass is 10.1. The first-order valence-corrected chi connectivity index (χ1v) is 9.83. The molecule has 0 aromatic heterocycles. The van der Waals surface area contributed by atoms with Gasteiger partial charge in [0.2, 0.25) is 10.0 Å². The molecule has 2 N–H and O–H groups in total. The van der Waals surface area contributed by atoms with Crippen molar-refractivity contribution in [2.75, 3.05) is 17.6 Å². The molecule has 27 heavy (non-hydrogen) atoms. The minimum Gasteiger partial charge on any atom is -0.452 e. The molecule has 1 atom stereocenters. The van der Waals surface area contributed by atoms with Crippen LogP contribution in [-0.2, 0) is 19.6 Å². The zero-order chi connectivity index (χ0) is 20.0. The van der Waals surface area contributed by atoms with Crippen molar-refractivity contribution in [2.45, 2.75) is 13.0 Å². The van der Waals surface area contributed by atoms with Crippen molar-refractivity contribution >= 4 is 27.6 Å². The van der Waals surface area contributed by atoms with Crippen molar-refractivity contribution in [1.29, 1.82) is 0 Å². The number of nitrogens with one attached hydrogen (secondary N) is 2. The molecule has 2 rings (SSSR count). The zero-order valence-electron chi connectivity index (χ0n) is 14.7. The minimum atomic E-state index is -3.58. The van der Waals surface area contributed by atoms with Crippen molar-refractivity contribution in [3.05, 3.63) is 65.5 Å². The molecular weight excluding hydrogens is 375 g/mol. The Labute approximate surface area is 156 Å². The SMILES string of the molecule is C[C@@H](NC(=O)COC(=O)c1ccccc1NS(C)(=O)=O)c1ccc(F)cc1. The van der Waals surface area contributed by atoms with Crippen molar-refractivity contribution in [2.24, 2.45) is 0 Å². The second-order valence-electron chi connectivity index (χ2n) is 5.84. The molecule has 0 spiro atoms. The van der Waals surface area contributed by atoms with E-state index in [4.69, 9.17) is 4.74 Å². The summed E-state index contributed by atoms with van der Waals surface area (Å²) >= 11 is 0. The van der Waals surface area contributed by atoms with Crippen molar-refractivity contribution < 1.29 is 27.1 Å². The fraction of sp³-hybridized carbons (Fsp3) is 0.222. The van der Waals surface area contributed by atoms with Crippen LogP contribution in [0.25, 0.3) is 0 Å². The third-order valence-electron chi connectivity index (χ3n) is 3.52. The maximum Gasteiger partial charge on any atom is 0.340 e. The van der Waals surface area contributed by atoms with E-state index >= 15 is 0 Å². The Morgan fingerprint density at radius 2 is 1.74 bits per heavy atom. The lowest BCUT2D eigenvalue weighted by Gasteiger charge is -2.15. The second-order valence-corrected chi connectivity index (χ2v) is 7.59. The van der Waals surface area contributed by atoms with E-state index in [1.807, 2.05) is 0 Å². The Bertz CT molecular complexity index is 929. The molecule has 0 aliphatic heterocycles. The topological polar surface area (TPSA) is 102 Å². The van der Waals surface area contributed by atoms with E-state index in [2.05, 4.69) is 10.0 Å². The fourth-order valence-corrected chi connectivity index (χ4v) is 2.85. The van der Waals surface area contributed by atoms with Gasteiger partial charge in [-0.3, -0.25) is 9.52 Å². The molecule has 2 aromatic carbocycles. The molecule has 0 heterocycles. The van der Waals surface area contributed by atoms with Crippen molar-refractivity contribution in [1.82, 2.24) is 5.32 Å². The number of hydrogen-bond donors (Lipinski definition) is 2. The zero-order valence-corrected chi connectivity index (χ0v) is 15.5. The van der Waals surface area contributed by atoms with Crippen LogP contribution < -0.4 is 10.0 Å². The van der Waals surface area contributed by atoms with Gasteiger partial charge in [-0.25, -0.2) is 17.6 Å². The second kappa shape index (κ2) is 8.63. The molecule has 0 bridgehead atoms. The van der Waals surface area contributed by atoms with E-state index in [-0.39, 0.29) is 17.1 Å². The molecule has 144 valence electrons. The van der Waals surface area contributed by atoms with E-state index in [0.717, 1.165) is 6.26 Å². The number of anilines is 1. The highest BCUT2D eigenvalue weighted by Gasteiger charge is 2.17. The maximum atomic E-state index is 12.9. The average Bonchev–Trinajstić information content (AvgIpc) is 2.59. The summed E-state index contributed by atoms with van der Waals surface area (Å²) in [5, 5.41) is 2.63. The van der Waals surface area contributed by atoms with Gasteiger partial charge in [0.05, 0.1) is 23.5 Å². The maximum absolute atomic E-state index is 12.9.